The van der Waals surface area contributed by atoms with E-state index in [0.717, 1.165) is 23.4 Å². The van der Waals surface area contributed by atoms with Gasteiger partial charge in [-0.2, -0.15) is 5.10 Å². The molecule has 2 heterocycles. The van der Waals surface area contributed by atoms with Gasteiger partial charge in [0, 0.05) is 24.8 Å². The minimum Gasteiger partial charge on any atom is -0.354 e. The molecule has 3 amide bonds. The molecule has 0 spiro atoms. The van der Waals surface area contributed by atoms with Crippen LogP contribution in [-0.2, 0) is 11.3 Å². The lowest BCUT2D eigenvalue weighted by molar-refractivity contribution is -0.125. The topological polar surface area (TPSA) is 88.1 Å². The van der Waals surface area contributed by atoms with Gasteiger partial charge >= 0.3 is 6.03 Å². The molecule has 25 heavy (non-hydrogen) atoms. The van der Waals surface area contributed by atoms with Crippen molar-refractivity contribution in [1.29, 1.82) is 0 Å². The number of nitrogens with one attached hydrogen (secondary N) is 3. The number of carbonyl (C=O) groups is 2. The molecule has 2 atom stereocenters. The Morgan fingerprint density at radius 2 is 2.12 bits per heavy atom. The highest BCUT2D eigenvalue weighted by atomic mass is 16.2. The van der Waals surface area contributed by atoms with E-state index in [1.165, 1.54) is 0 Å². The average Bonchev–Trinajstić information content (AvgIpc) is 2.98. The maximum Gasteiger partial charge on any atom is 0.315 e. The van der Waals surface area contributed by atoms with Gasteiger partial charge in [0.2, 0.25) is 5.91 Å². The van der Waals surface area contributed by atoms with Crippen LogP contribution in [0.4, 0.5) is 4.79 Å². The number of aryl methyl sites for hydroxylation is 1. The number of piperidine rings is 1. The molecule has 0 aliphatic carbocycles. The number of nitrogens with zero attached hydrogens (tertiary/aromatic N) is 2. The maximum atomic E-state index is 12.1. The minimum absolute atomic E-state index is 0.123. The zero-order valence-corrected chi connectivity index (χ0v) is 14.5. The highest BCUT2D eigenvalue weighted by Crippen LogP contribution is 2.13. The Bertz CT molecular complexity index is 756. The van der Waals surface area contributed by atoms with Crippen LogP contribution in [0, 0.1) is 12.8 Å². The molecule has 2 unspecified atom stereocenters. The first-order valence-electron chi connectivity index (χ1n) is 8.47. The number of aromatic nitrogens is 2. The third-order valence-corrected chi connectivity index (χ3v) is 4.50. The van der Waals surface area contributed by atoms with Gasteiger partial charge in [0.15, 0.2) is 0 Å². The van der Waals surface area contributed by atoms with Crippen molar-refractivity contribution >= 4 is 11.9 Å². The molecule has 3 rings (SSSR count). The third-order valence-electron chi connectivity index (χ3n) is 4.50. The molecule has 1 aromatic carbocycles. The molecule has 1 saturated heterocycles. The maximum absolute atomic E-state index is 12.1. The van der Waals surface area contributed by atoms with Crippen LogP contribution < -0.4 is 16.0 Å². The summed E-state index contributed by atoms with van der Waals surface area (Å²) in [5.41, 5.74) is 2.75. The highest BCUT2D eigenvalue weighted by Gasteiger charge is 2.29. The smallest absolute Gasteiger partial charge is 0.315 e. The van der Waals surface area contributed by atoms with Gasteiger partial charge in [-0.25, -0.2) is 9.48 Å². The van der Waals surface area contributed by atoms with E-state index in [2.05, 4.69) is 21.0 Å². The number of urea groups is 1. The quantitative estimate of drug-likeness (QED) is 0.787. The van der Waals surface area contributed by atoms with Gasteiger partial charge in [0.05, 0.1) is 11.4 Å². The number of benzene rings is 1. The molecule has 1 aliphatic rings. The van der Waals surface area contributed by atoms with Crippen molar-refractivity contribution in [2.75, 3.05) is 6.54 Å². The fraction of sp³-hybridized carbons (Fsp3) is 0.389. The number of amides is 3. The molecule has 3 N–H and O–H groups in total. The first kappa shape index (κ1) is 17.0. The molecule has 132 valence electrons. The molecular formula is C18H23N5O2. The predicted octanol–water partition coefficient (Wildman–Crippen LogP) is 1.50. The monoisotopic (exact) mass is 341 g/mol. The molecule has 1 fully saturated rings. The van der Waals surface area contributed by atoms with Crippen molar-refractivity contribution in [3.8, 4) is 5.69 Å². The predicted molar refractivity (Wildman–Crippen MR) is 94.3 cm³/mol. The molecule has 0 bridgehead atoms. The average molecular weight is 341 g/mol. The van der Waals surface area contributed by atoms with E-state index in [1.54, 1.807) is 4.68 Å². The number of rotatable bonds is 4. The second-order valence-corrected chi connectivity index (χ2v) is 6.38. The van der Waals surface area contributed by atoms with Crippen LogP contribution in [0.5, 0.6) is 0 Å². The van der Waals surface area contributed by atoms with Crippen LogP contribution >= 0.6 is 0 Å². The molecular weight excluding hydrogens is 318 g/mol. The van der Waals surface area contributed by atoms with Gasteiger partial charge in [-0.15, -0.1) is 0 Å². The van der Waals surface area contributed by atoms with E-state index in [4.69, 9.17) is 0 Å². The van der Waals surface area contributed by atoms with E-state index in [9.17, 15) is 9.59 Å². The van der Waals surface area contributed by atoms with Crippen molar-refractivity contribution in [2.24, 2.45) is 5.92 Å². The minimum atomic E-state index is -0.484. The van der Waals surface area contributed by atoms with E-state index in [0.29, 0.717) is 13.1 Å². The molecule has 0 radical (unpaired) electrons. The van der Waals surface area contributed by atoms with E-state index >= 15 is 0 Å². The van der Waals surface area contributed by atoms with Crippen LogP contribution in [0.3, 0.4) is 0 Å². The van der Waals surface area contributed by atoms with Gasteiger partial charge in [-0.05, 0) is 31.4 Å². The van der Waals surface area contributed by atoms with Gasteiger partial charge in [0.25, 0.3) is 0 Å². The Labute approximate surface area is 146 Å². The summed E-state index contributed by atoms with van der Waals surface area (Å²) in [6, 6.07) is 8.97. The molecule has 1 aliphatic heterocycles. The number of carbonyl (C=O) groups excluding carboxylic acids is 2. The fourth-order valence-corrected chi connectivity index (χ4v) is 2.92. The summed E-state index contributed by atoms with van der Waals surface area (Å²) in [5.74, 6) is 0.00375. The Morgan fingerprint density at radius 1 is 1.36 bits per heavy atom. The molecule has 1 aromatic heterocycles. The normalized spacial score (nSPS) is 20.0. The summed E-state index contributed by atoms with van der Waals surface area (Å²) in [6.45, 7) is 4.90. The van der Waals surface area contributed by atoms with Gasteiger partial charge in [-0.1, -0.05) is 25.1 Å². The lowest BCUT2D eigenvalue weighted by atomic mass is 9.94. The van der Waals surface area contributed by atoms with Crippen LogP contribution in [-0.4, -0.2) is 34.3 Å². The van der Waals surface area contributed by atoms with Gasteiger partial charge in [0.1, 0.15) is 6.04 Å². The van der Waals surface area contributed by atoms with Gasteiger partial charge < -0.3 is 16.0 Å². The molecule has 0 saturated carbocycles. The second-order valence-electron chi connectivity index (χ2n) is 6.38. The largest absolute Gasteiger partial charge is 0.354 e. The van der Waals surface area contributed by atoms with Crippen molar-refractivity contribution < 1.29 is 9.59 Å². The summed E-state index contributed by atoms with van der Waals surface area (Å²) < 4.78 is 1.79. The summed E-state index contributed by atoms with van der Waals surface area (Å²) >= 11 is 0. The Kier molecular flexibility index (Phi) is 5.02. The zero-order chi connectivity index (χ0) is 17.8. The van der Waals surface area contributed by atoms with Crippen molar-refractivity contribution in [3.63, 3.8) is 0 Å². The number of para-hydroxylation sites is 1. The molecule has 2 aromatic rings. The Morgan fingerprint density at radius 3 is 2.84 bits per heavy atom. The van der Waals surface area contributed by atoms with Crippen LogP contribution in [0.15, 0.2) is 36.5 Å². The van der Waals surface area contributed by atoms with Crippen molar-refractivity contribution in [3.05, 3.63) is 47.8 Å². The lowest BCUT2D eigenvalue weighted by Gasteiger charge is -2.28. The zero-order valence-electron chi connectivity index (χ0n) is 14.5. The van der Waals surface area contributed by atoms with Crippen molar-refractivity contribution in [2.45, 2.75) is 32.9 Å². The van der Waals surface area contributed by atoms with Crippen LogP contribution in [0.2, 0.25) is 0 Å². The number of hydrogen-bond acceptors (Lipinski definition) is 3. The van der Waals surface area contributed by atoms with E-state index < -0.39 is 6.04 Å². The van der Waals surface area contributed by atoms with Gasteiger partial charge in [-0.3, -0.25) is 4.79 Å². The SMILES string of the molecule is Cc1nn(-c2ccccc2)cc1CNC(=O)NC1C(=O)NCCC1C. The molecule has 7 nitrogen and oxygen atoms in total. The highest BCUT2D eigenvalue weighted by molar-refractivity contribution is 5.87. The molecule has 7 heteroatoms. The lowest BCUT2D eigenvalue weighted by Crippen LogP contribution is -2.56. The first-order valence-corrected chi connectivity index (χ1v) is 8.47. The number of hydrogen-bond donors (Lipinski definition) is 3. The second kappa shape index (κ2) is 7.38. The summed E-state index contributed by atoms with van der Waals surface area (Å²) in [7, 11) is 0. The van der Waals surface area contributed by atoms with Crippen molar-refractivity contribution in [1.82, 2.24) is 25.7 Å². The van der Waals surface area contributed by atoms with Crippen LogP contribution in [0.1, 0.15) is 24.6 Å². The van der Waals surface area contributed by atoms with E-state index in [1.807, 2.05) is 50.4 Å². The fourth-order valence-electron chi connectivity index (χ4n) is 2.92. The Balaban J connectivity index is 1.59. The van der Waals surface area contributed by atoms with E-state index in [-0.39, 0.29) is 17.9 Å². The summed E-state index contributed by atoms with van der Waals surface area (Å²) in [4.78, 5) is 24.0. The first-order chi connectivity index (χ1) is 12.0. The summed E-state index contributed by atoms with van der Waals surface area (Å²) in [6.07, 6.45) is 2.76. The summed E-state index contributed by atoms with van der Waals surface area (Å²) in [5, 5.41) is 12.8. The standard InChI is InChI=1S/C18H23N5O2/c1-12-8-9-19-17(24)16(12)21-18(25)20-10-14-11-23(22-13(14)2)15-6-4-3-5-7-15/h3-7,11-12,16H,8-10H2,1-2H3,(H,19,24)(H2,20,21,25). The third kappa shape index (κ3) is 3.99. The Hall–Kier alpha value is -2.83. The van der Waals surface area contributed by atoms with Crippen LogP contribution in [0.25, 0.3) is 5.69 Å².